The van der Waals surface area contributed by atoms with Crippen molar-refractivity contribution in [3.05, 3.63) is 33.4 Å². The molecule has 0 unspecified atom stereocenters. The number of halogens is 1. The van der Waals surface area contributed by atoms with E-state index in [1.54, 1.807) is 6.07 Å². The molecule has 2 aromatic rings. The lowest BCUT2D eigenvalue weighted by atomic mass is 10.1. The van der Waals surface area contributed by atoms with Gasteiger partial charge in [0.25, 0.3) is 0 Å². The van der Waals surface area contributed by atoms with Crippen LogP contribution in [0.25, 0.3) is 11.3 Å². The lowest BCUT2D eigenvalue weighted by Crippen LogP contribution is -2.01. The van der Waals surface area contributed by atoms with E-state index in [0.29, 0.717) is 15.7 Å². The van der Waals surface area contributed by atoms with Gasteiger partial charge in [-0.15, -0.1) is 11.3 Å². The van der Waals surface area contributed by atoms with Crippen molar-refractivity contribution in [1.82, 2.24) is 9.97 Å². The molecule has 0 radical (unpaired) electrons. The maximum absolute atomic E-state index is 11.6. The van der Waals surface area contributed by atoms with E-state index in [0.717, 1.165) is 11.1 Å². The van der Waals surface area contributed by atoms with Gasteiger partial charge in [-0.25, -0.2) is 14.8 Å². The highest BCUT2D eigenvalue weighted by atomic mass is 35.5. The molecule has 88 valence electrons. The summed E-state index contributed by atoms with van der Waals surface area (Å²) in [5.74, 6) is -0.368. The molecule has 6 heteroatoms. The molecule has 0 aromatic carbocycles. The van der Waals surface area contributed by atoms with E-state index in [9.17, 15) is 4.79 Å². The van der Waals surface area contributed by atoms with Crippen molar-refractivity contribution in [3.63, 3.8) is 0 Å². The summed E-state index contributed by atoms with van der Waals surface area (Å²) >= 11 is 7.15. The number of thiophene rings is 1. The van der Waals surface area contributed by atoms with Gasteiger partial charge >= 0.3 is 5.97 Å². The lowest BCUT2D eigenvalue weighted by molar-refractivity contribution is 0.0607. The second-order valence-corrected chi connectivity index (χ2v) is 4.61. The molecule has 0 aliphatic rings. The first-order chi connectivity index (χ1) is 8.13. The summed E-state index contributed by atoms with van der Waals surface area (Å²) in [6.45, 7) is 1.91. The highest BCUT2D eigenvalue weighted by Gasteiger charge is 2.19. The molecule has 0 amide bonds. The maximum atomic E-state index is 11.6. The zero-order valence-electron chi connectivity index (χ0n) is 9.23. The predicted molar refractivity (Wildman–Crippen MR) is 66.4 cm³/mol. The quantitative estimate of drug-likeness (QED) is 0.621. The lowest BCUT2D eigenvalue weighted by Gasteiger charge is -2.03. The molecule has 0 aliphatic heterocycles. The monoisotopic (exact) mass is 268 g/mol. The largest absolute Gasteiger partial charge is 0.465 e. The smallest absolute Gasteiger partial charge is 0.348 e. The Bertz CT molecular complexity index is 568. The molecular formula is C11H9ClN2O2S. The van der Waals surface area contributed by atoms with E-state index in [2.05, 4.69) is 9.97 Å². The number of ether oxygens (including phenoxy) is 1. The Labute approximate surface area is 107 Å². The summed E-state index contributed by atoms with van der Waals surface area (Å²) in [6, 6.07) is 1.63. The number of aryl methyl sites for hydroxylation is 1. The third-order valence-corrected chi connectivity index (χ3v) is 3.52. The summed E-state index contributed by atoms with van der Waals surface area (Å²) in [5, 5.41) is 2.23. The number of carbonyl (C=O) groups excluding carboxylic acids is 1. The van der Waals surface area contributed by atoms with Crippen LogP contribution in [0.3, 0.4) is 0 Å². The van der Waals surface area contributed by atoms with Crippen molar-refractivity contribution in [1.29, 1.82) is 0 Å². The molecule has 0 fully saturated rings. The molecule has 0 bridgehead atoms. The van der Waals surface area contributed by atoms with Gasteiger partial charge < -0.3 is 4.74 Å². The Hall–Kier alpha value is -1.46. The van der Waals surface area contributed by atoms with Gasteiger partial charge in [0, 0.05) is 11.6 Å². The van der Waals surface area contributed by atoms with Crippen LogP contribution in [-0.2, 0) is 4.74 Å². The average Bonchev–Trinajstić information content (AvgIpc) is 2.70. The number of hydrogen-bond donors (Lipinski definition) is 0. The van der Waals surface area contributed by atoms with Crippen LogP contribution in [0.15, 0.2) is 17.8 Å². The van der Waals surface area contributed by atoms with Crippen molar-refractivity contribution in [2.45, 2.75) is 6.92 Å². The van der Waals surface area contributed by atoms with Gasteiger partial charge in [-0.1, -0.05) is 11.6 Å². The van der Waals surface area contributed by atoms with Crippen LogP contribution in [0.5, 0.6) is 0 Å². The fraction of sp³-hybridized carbons (Fsp3) is 0.182. The Morgan fingerprint density at radius 1 is 1.47 bits per heavy atom. The van der Waals surface area contributed by atoms with Crippen LogP contribution >= 0.6 is 22.9 Å². The van der Waals surface area contributed by atoms with Crippen LogP contribution in [0, 0.1) is 6.92 Å². The molecule has 0 saturated carbocycles. The van der Waals surface area contributed by atoms with Crippen LogP contribution < -0.4 is 0 Å². The number of esters is 1. The summed E-state index contributed by atoms with van der Waals surface area (Å²) in [4.78, 5) is 20.1. The Balaban J connectivity index is 2.58. The standard InChI is InChI=1S/C11H9ClN2O2S/c1-6-4-17-10(11(15)16-2)9(6)7-3-8(12)14-5-13-7/h3-5H,1-2H3. The third kappa shape index (κ3) is 2.30. The van der Waals surface area contributed by atoms with E-state index in [1.165, 1.54) is 24.8 Å². The van der Waals surface area contributed by atoms with Crippen molar-refractivity contribution < 1.29 is 9.53 Å². The fourth-order valence-electron chi connectivity index (χ4n) is 1.48. The first kappa shape index (κ1) is 12.0. The number of rotatable bonds is 2. The number of hydrogen-bond acceptors (Lipinski definition) is 5. The molecule has 2 rings (SSSR count). The van der Waals surface area contributed by atoms with Crippen LogP contribution in [-0.4, -0.2) is 23.0 Å². The molecule has 0 atom stereocenters. The minimum absolute atomic E-state index is 0.344. The zero-order chi connectivity index (χ0) is 12.4. The van der Waals surface area contributed by atoms with E-state index in [-0.39, 0.29) is 5.97 Å². The second kappa shape index (κ2) is 4.81. The minimum atomic E-state index is -0.368. The highest BCUT2D eigenvalue weighted by Crippen LogP contribution is 2.32. The SMILES string of the molecule is COC(=O)c1scc(C)c1-c1cc(Cl)ncn1. The van der Waals surface area contributed by atoms with Crippen LogP contribution in [0.2, 0.25) is 5.15 Å². The van der Waals surface area contributed by atoms with E-state index in [4.69, 9.17) is 16.3 Å². The van der Waals surface area contributed by atoms with E-state index >= 15 is 0 Å². The third-order valence-electron chi connectivity index (χ3n) is 2.24. The van der Waals surface area contributed by atoms with Crippen molar-refractivity contribution in [2.24, 2.45) is 0 Å². The first-order valence-electron chi connectivity index (χ1n) is 4.77. The summed E-state index contributed by atoms with van der Waals surface area (Å²) in [6.07, 6.45) is 1.37. The highest BCUT2D eigenvalue weighted by molar-refractivity contribution is 7.12. The summed E-state index contributed by atoms with van der Waals surface area (Å²) in [5.41, 5.74) is 2.35. The first-order valence-corrected chi connectivity index (χ1v) is 6.03. The van der Waals surface area contributed by atoms with Crippen molar-refractivity contribution >= 4 is 28.9 Å². The Morgan fingerprint density at radius 3 is 2.88 bits per heavy atom. The Kier molecular flexibility index (Phi) is 3.40. The number of nitrogens with zero attached hydrogens (tertiary/aromatic N) is 2. The molecule has 0 saturated heterocycles. The molecule has 0 spiro atoms. The van der Waals surface area contributed by atoms with Gasteiger partial charge in [-0.3, -0.25) is 0 Å². The molecule has 2 aromatic heterocycles. The number of methoxy groups -OCH3 is 1. The number of aromatic nitrogens is 2. The molecule has 0 aliphatic carbocycles. The van der Waals surface area contributed by atoms with Gasteiger partial charge in [0.15, 0.2) is 0 Å². The normalized spacial score (nSPS) is 10.3. The molecule has 4 nitrogen and oxygen atoms in total. The molecule has 2 heterocycles. The Morgan fingerprint density at radius 2 is 2.24 bits per heavy atom. The van der Waals surface area contributed by atoms with Crippen LogP contribution in [0.4, 0.5) is 0 Å². The zero-order valence-corrected chi connectivity index (χ0v) is 10.8. The minimum Gasteiger partial charge on any atom is -0.465 e. The van der Waals surface area contributed by atoms with Gasteiger partial charge in [0.05, 0.1) is 12.8 Å². The van der Waals surface area contributed by atoms with Gasteiger partial charge in [0.2, 0.25) is 0 Å². The maximum Gasteiger partial charge on any atom is 0.348 e. The fourth-order valence-corrected chi connectivity index (χ4v) is 2.60. The van der Waals surface area contributed by atoms with Gasteiger partial charge in [0.1, 0.15) is 16.4 Å². The number of carbonyl (C=O) groups is 1. The summed E-state index contributed by atoms with van der Waals surface area (Å²) < 4.78 is 4.74. The van der Waals surface area contributed by atoms with Gasteiger partial charge in [-0.2, -0.15) is 0 Å². The topological polar surface area (TPSA) is 52.1 Å². The predicted octanol–water partition coefficient (Wildman–Crippen LogP) is 2.95. The molecule has 0 N–H and O–H groups in total. The van der Waals surface area contributed by atoms with Gasteiger partial charge in [-0.05, 0) is 17.9 Å². The second-order valence-electron chi connectivity index (χ2n) is 3.34. The summed E-state index contributed by atoms with van der Waals surface area (Å²) in [7, 11) is 1.36. The van der Waals surface area contributed by atoms with E-state index in [1.807, 2.05) is 12.3 Å². The van der Waals surface area contributed by atoms with Crippen molar-refractivity contribution in [2.75, 3.05) is 7.11 Å². The van der Waals surface area contributed by atoms with Crippen molar-refractivity contribution in [3.8, 4) is 11.3 Å². The molecule has 17 heavy (non-hydrogen) atoms. The molecular weight excluding hydrogens is 260 g/mol. The van der Waals surface area contributed by atoms with Crippen LogP contribution in [0.1, 0.15) is 15.2 Å². The average molecular weight is 269 g/mol. The van der Waals surface area contributed by atoms with E-state index < -0.39 is 0 Å².